The Labute approximate surface area is 86.8 Å². The van der Waals surface area contributed by atoms with Crippen molar-refractivity contribution in [1.82, 2.24) is 0 Å². The highest BCUT2D eigenvalue weighted by molar-refractivity contribution is 5.41. The Morgan fingerprint density at radius 3 is 2.40 bits per heavy atom. The quantitative estimate of drug-likeness (QED) is 0.585. The topological polar surface area (TPSA) is 44.5 Å². The molecule has 3 nitrogen and oxygen atoms in total. The molecule has 0 aromatic heterocycles. The summed E-state index contributed by atoms with van der Waals surface area (Å²) >= 11 is 0. The van der Waals surface area contributed by atoms with Crippen molar-refractivity contribution in [3.63, 3.8) is 0 Å². The van der Waals surface area contributed by atoms with Gasteiger partial charge >= 0.3 is 0 Å². The lowest BCUT2D eigenvalue weighted by atomic mass is 10.3. The molecule has 2 N–H and O–H groups in total. The molecule has 1 rings (SSSR count). The molecule has 0 spiro atoms. The monoisotopic (exact) mass is 217 g/mol. The highest BCUT2D eigenvalue weighted by Crippen LogP contribution is 2.12. The van der Waals surface area contributed by atoms with Crippen LogP contribution in [0.4, 0.5) is 14.5 Å². The van der Waals surface area contributed by atoms with Gasteiger partial charge in [0.2, 0.25) is 0 Å². The van der Waals surface area contributed by atoms with E-state index in [1.807, 2.05) is 0 Å². The molecule has 0 saturated heterocycles. The zero-order valence-corrected chi connectivity index (χ0v) is 8.16. The van der Waals surface area contributed by atoms with Gasteiger partial charge in [-0.25, -0.2) is 8.78 Å². The van der Waals surface area contributed by atoms with Crippen molar-refractivity contribution in [2.24, 2.45) is 0 Å². The number of nitrogens with two attached hydrogens (primary N) is 1. The smallest absolute Gasteiger partial charge is 0.261 e. The first-order chi connectivity index (χ1) is 7.18. The zero-order chi connectivity index (χ0) is 11.1. The maximum Gasteiger partial charge on any atom is 0.261 e. The van der Waals surface area contributed by atoms with Gasteiger partial charge in [-0.05, 0) is 24.3 Å². The first-order valence-electron chi connectivity index (χ1n) is 4.52. The Morgan fingerprint density at radius 1 is 1.13 bits per heavy atom. The van der Waals surface area contributed by atoms with Gasteiger partial charge in [0.25, 0.3) is 6.43 Å². The fourth-order valence-electron chi connectivity index (χ4n) is 0.955. The summed E-state index contributed by atoms with van der Waals surface area (Å²) in [6.07, 6.45) is -2.43. The summed E-state index contributed by atoms with van der Waals surface area (Å²) < 4.78 is 33.2. The maximum atomic E-state index is 11.6. The number of hydrogen-bond donors (Lipinski definition) is 1. The number of hydrogen-bond acceptors (Lipinski definition) is 3. The molecule has 0 fully saturated rings. The highest BCUT2D eigenvalue weighted by Gasteiger charge is 2.01. The molecule has 0 aliphatic heterocycles. The molecule has 0 unspecified atom stereocenters. The van der Waals surface area contributed by atoms with Crippen LogP contribution in [-0.2, 0) is 4.74 Å². The van der Waals surface area contributed by atoms with Crippen molar-refractivity contribution in [3.05, 3.63) is 24.3 Å². The molecule has 0 amide bonds. The number of anilines is 1. The molecule has 1 aromatic rings. The third-order valence-electron chi connectivity index (χ3n) is 1.62. The first kappa shape index (κ1) is 11.7. The number of benzene rings is 1. The Kier molecular flexibility index (Phi) is 4.83. The molecule has 0 radical (unpaired) electrons. The predicted molar refractivity (Wildman–Crippen MR) is 53.2 cm³/mol. The second kappa shape index (κ2) is 6.19. The highest BCUT2D eigenvalue weighted by atomic mass is 19.3. The van der Waals surface area contributed by atoms with Crippen molar-refractivity contribution in [2.45, 2.75) is 6.43 Å². The zero-order valence-electron chi connectivity index (χ0n) is 8.16. The van der Waals surface area contributed by atoms with Gasteiger partial charge in [0, 0.05) is 5.69 Å². The number of halogens is 2. The van der Waals surface area contributed by atoms with Crippen LogP contribution in [0.25, 0.3) is 0 Å². The molecule has 0 aliphatic rings. The molecule has 0 atom stereocenters. The molecular weight excluding hydrogens is 204 g/mol. The van der Waals surface area contributed by atoms with E-state index in [0.717, 1.165) is 0 Å². The van der Waals surface area contributed by atoms with Crippen LogP contribution in [-0.4, -0.2) is 26.2 Å². The van der Waals surface area contributed by atoms with Crippen LogP contribution >= 0.6 is 0 Å². The van der Waals surface area contributed by atoms with Crippen LogP contribution in [0.2, 0.25) is 0 Å². The lowest BCUT2D eigenvalue weighted by Crippen LogP contribution is -2.11. The standard InChI is InChI=1S/C10H13F2NO2/c11-10(12)7-14-5-6-15-9-3-1-8(13)2-4-9/h1-4,10H,5-7,13H2. The Morgan fingerprint density at radius 2 is 1.80 bits per heavy atom. The minimum absolute atomic E-state index is 0.148. The van der Waals surface area contributed by atoms with Crippen molar-refractivity contribution in [2.75, 3.05) is 25.6 Å². The molecule has 0 saturated carbocycles. The normalized spacial score (nSPS) is 10.6. The van der Waals surface area contributed by atoms with E-state index in [0.29, 0.717) is 11.4 Å². The fourth-order valence-corrected chi connectivity index (χ4v) is 0.955. The molecule has 0 bridgehead atoms. The van der Waals surface area contributed by atoms with Gasteiger partial charge in [0.05, 0.1) is 6.61 Å². The van der Waals surface area contributed by atoms with Gasteiger partial charge in [-0.15, -0.1) is 0 Å². The maximum absolute atomic E-state index is 11.6. The van der Waals surface area contributed by atoms with E-state index in [2.05, 4.69) is 4.74 Å². The summed E-state index contributed by atoms with van der Waals surface area (Å²) in [5, 5.41) is 0. The number of nitrogen functional groups attached to an aromatic ring is 1. The van der Waals surface area contributed by atoms with Gasteiger partial charge in [-0.1, -0.05) is 0 Å². The van der Waals surface area contributed by atoms with Gasteiger partial charge in [0.15, 0.2) is 0 Å². The summed E-state index contributed by atoms with van der Waals surface area (Å²) in [5.74, 6) is 0.643. The van der Waals surface area contributed by atoms with Gasteiger partial charge in [-0.2, -0.15) is 0 Å². The molecule has 0 heterocycles. The van der Waals surface area contributed by atoms with Crippen molar-refractivity contribution in [3.8, 4) is 5.75 Å². The lowest BCUT2D eigenvalue weighted by Gasteiger charge is -2.06. The second-order valence-electron chi connectivity index (χ2n) is 2.88. The molecule has 15 heavy (non-hydrogen) atoms. The third kappa shape index (κ3) is 5.17. The fraction of sp³-hybridized carbons (Fsp3) is 0.400. The molecule has 1 aromatic carbocycles. The summed E-state index contributed by atoms with van der Waals surface area (Å²) in [5.41, 5.74) is 6.12. The largest absolute Gasteiger partial charge is 0.491 e. The van der Waals surface area contributed by atoms with Crippen LogP contribution in [0.3, 0.4) is 0 Å². The lowest BCUT2D eigenvalue weighted by molar-refractivity contribution is 0.00763. The summed E-state index contributed by atoms with van der Waals surface area (Å²) in [4.78, 5) is 0. The summed E-state index contributed by atoms with van der Waals surface area (Å²) in [7, 11) is 0. The minimum atomic E-state index is -2.43. The SMILES string of the molecule is Nc1ccc(OCCOCC(F)F)cc1. The van der Waals surface area contributed by atoms with E-state index in [1.165, 1.54) is 0 Å². The predicted octanol–water partition coefficient (Wildman–Crippen LogP) is 1.93. The van der Waals surface area contributed by atoms with Crippen LogP contribution in [0, 0.1) is 0 Å². The van der Waals surface area contributed by atoms with Crippen molar-refractivity contribution < 1.29 is 18.3 Å². The molecule has 5 heteroatoms. The van der Waals surface area contributed by atoms with E-state index in [4.69, 9.17) is 10.5 Å². The van der Waals surface area contributed by atoms with Gasteiger partial charge in [-0.3, -0.25) is 0 Å². The van der Waals surface area contributed by atoms with E-state index < -0.39 is 13.0 Å². The van der Waals surface area contributed by atoms with E-state index >= 15 is 0 Å². The summed E-state index contributed by atoms with van der Waals surface area (Å²) in [6, 6.07) is 6.83. The van der Waals surface area contributed by atoms with Crippen molar-refractivity contribution in [1.29, 1.82) is 0 Å². The number of rotatable bonds is 6. The molecule has 84 valence electrons. The van der Waals surface area contributed by atoms with Gasteiger partial charge in [0.1, 0.15) is 19.0 Å². The Balaban J connectivity index is 2.12. The average molecular weight is 217 g/mol. The van der Waals surface area contributed by atoms with Crippen LogP contribution in [0.5, 0.6) is 5.75 Å². The number of alkyl halides is 2. The Bertz CT molecular complexity index is 277. The summed E-state index contributed by atoms with van der Waals surface area (Å²) in [6.45, 7) is -0.156. The second-order valence-corrected chi connectivity index (χ2v) is 2.88. The van der Waals surface area contributed by atoms with Crippen LogP contribution < -0.4 is 10.5 Å². The average Bonchev–Trinajstić information content (AvgIpc) is 2.20. The van der Waals surface area contributed by atoms with Gasteiger partial charge < -0.3 is 15.2 Å². The third-order valence-corrected chi connectivity index (χ3v) is 1.62. The van der Waals surface area contributed by atoms with E-state index in [9.17, 15) is 8.78 Å². The minimum Gasteiger partial charge on any atom is -0.491 e. The van der Waals surface area contributed by atoms with Crippen molar-refractivity contribution >= 4 is 5.69 Å². The van der Waals surface area contributed by atoms with Crippen LogP contribution in [0.15, 0.2) is 24.3 Å². The van der Waals surface area contributed by atoms with E-state index in [-0.39, 0.29) is 13.2 Å². The first-order valence-corrected chi connectivity index (χ1v) is 4.52. The van der Waals surface area contributed by atoms with Crippen LogP contribution in [0.1, 0.15) is 0 Å². The molecule has 0 aliphatic carbocycles. The molecular formula is C10H13F2NO2. The Hall–Kier alpha value is -1.36. The van der Waals surface area contributed by atoms with E-state index in [1.54, 1.807) is 24.3 Å². The number of ether oxygens (including phenoxy) is 2.